The molecule has 0 amide bonds. The molecule has 0 saturated heterocycles. The molecule has 2 heterocycles. The Morgan fingerprint density at radius 1 is 1.09 bits per heavy atom. The maximum absolute atomic E-state index is 3.40. The molecule has 0 aromatic heterocycles. The quantitative estimate of drug-likeness (QED) is 0.893. The molecule has 23 heavy (non-hydrogen) atoms. The van der Waals surface area contributed by atoms with Crippen LogP contribution in [-0.2, 0) is 19.5 Å². The van der Waals surface area contributed by atoms with E-state index in [-0.39, 0.29) is 0 Å². The van der Waals surface area contributed by atoms with E-state index in [0.717, 1.165) is 19.6 Å². The SMILES string of the molecule is CNN1CCCc2ccc(-c3cccc4c3N(C)NC4)cc2C1. The van der Waals surface area contributed by atoms with Gasteiger partial charge in [-0.15, -0.1) is 0 Å². The minimum atomic E-state index is 0.915. The van der Waals surface area contributed by atoms with Crippen LogP contribution in [0.25, 0.3) is 11.1 Å². The number of hydrogen-bond donors (Lipinski definition) is 2. The minimum Gasteiger partial charge on any atom is -0.310 e. The van der Waals surface area contributed by atoms with E-state index < -0.39 is 0 Å². The van der Waals surface area contributed by atoms with E-state index in [1.54, 1.807) is 0 Å². The highest BCUT2D eigenvalue weighted by molar-refractivity contribution is 5.82. The first-order valence-corrected chi connectivity index (χ1v) is 8.40. The lowest BCUT2D eigenvalue weighted by molar-refractivity contribution is 0.202. The topological polar surface area (TPSA) is 30.5 Å². The average Bonchev–Trinajstić information content (AvgIpc) is 2.84. The summed E-state index contributed by atoms with van der Waals surface area (Å²) in [5.41, 5.74) is 15.0. The lowest BCUT2D eigenvalue weighted by atomic mass is 9.95. The van der Waals surface area contributed by atoms with E-state index in [2.05, 4.69) is 64.3 Å². The number of hydrogen-bond acceptors (Lipinski definition) is 4. The van der Waals surface area contributed by atoms with Crippen molar-refractivity contribution in [2.75, 3.05) is 25.6 Å². The molecule has 0 aliphatic carbocycles. The fourth-order valence-electron chi connectivity index (χ4n) is 3.77. The van der Waals surface area contributed by atoms with Crippen molar-refractivity contribution < 1.29 is 0 Å². The predicted octanol–water partition coefficient (Wildman–Crippen LogP) is 2.69. The summed E-state index contributed by atoms with van der Waals surface area (Å²) < 4.78 is 0. The Morgan fingerprint density at radius 2 is 2.00 bits per heavy atom. The molecular weight excluding hydrogens is 284 g/mol. The highest BCUT2D eigenvalue weighted by Crippen LogP contribution is 2.36. The van der Waals surface area contributed by atoms with Crippen LogP contribution in [0.4, 0.5) is 5.69 Å². The van der Waals surface area contributed by atoms with Gasteiger partial charge in [0.15, 0.2) is 0 Å². The van der Waals surface area contributed by atoms with Gasteiger partial charge in [-0.2, -0.15) is 0 Å². The zero-order valence-corrected chi connectivity index (χ0v) is 13.9. The Hall–Kier alpha value is -1.88. The zero-order chi connectivity index (χ0) is 15.8. The molecule has 0 fully saturated rings. The number of benzene rings is 2. The number of nitrogens with one attached hydrogen (secondary N) is 2. The number of para-hydroxylation sites is 1. The molecule has 0 bridgehead atoms. The molecule has 2 aromatic carbocycles. The van der Waals surface area contributed by atoms with Gasteiger partial charge in [0, 0.05) is 32.2 Å². The predicted molar refractivity (Wildman–Crippen MR) is 94.9 cm³/mol. The highest BCUT2D eigenvalue weighted by Gasteiger charge is 2.20. The number of anilines is 1. The number of hydrazine groups is 2. The number of rotatable bonds is 2. The molecule has 2 aliphatic rings. The third-order valence-electron chi connectivity index (χ3n) is 5.03. The fourth-order valence-corrected chi connectivity index (χ4v) is 3.77. The lowest BCUT2D eigenvalue weighted by Gasteiger charge is -2.20. The van der Waals surface area contributed by atoms with Gasteiger partial charge in [0.25, 0.3) is 0 Å². The van der Waals surface area contributed by atoms with Gasteiger partial charge in [-0.05, 0) is 48.2 Å². The third kappa shape index (κ3) is 2.63. The van der Waals surface area contributed by atoms with Crippen molar-refractivity contribution in [2.45, 2.75) is 25.9 Å². The summed E-state index contributed by atoms with van der Waals surface area (Å²) in [6, 6.07) is 13.6. The van der Waals surface area contributed by atoms with E-state index in [1.165, 1.54) is 46.3 Å². The first-order valence-electron chi connectivity index (χ1n) is 8.40. The van der Waals surface area contributed by atoms with Crippen molar-refractivity contribution in [1.82, 2.24) is 15.9 Å². The van der Waals surface area contributed by atoms with E-state index in [9.17, 15) is 0 Å². The fraction of sp³-hybridized carbons (Fsp3) is 0.368. The van der Waals surface area contributed by atoms with Crippen LogP contribution >= 0.6 is 0 Å². The lowest BCUT2D eigenvalue weighted by Crippen LogP contribution is -2.34. The molecular formula is C19H24N4. The monoisotopic (exact) mass is 308 g/mol. The summed E-state index contributed by atoms with van der Waals surface area (Å²) in [5, 5.41) is 4.45. The van der Waals surface area contributed by atoms with Crippen LogP contribution in [0.5, 0.6) is 0 Å². The molecule has 2 N–H and O–H groups in total. The van der Waals surface area contributed by atoms with Gasteiger partial charge < -0.3 is 5.01 Å². The summed E-state index contributed by atoms with van der Waals surface area (Å²) in [4.78, 5) is 0. The molecule has 0 unspecified atom stereocenters. The van der Waals surface area contributed by atoms with Crippen LogP contribution in [0.3, 0.4) is 0 Å². The summed E-state index contributed by atoms with van der Waals surface area (Å²) in [6.45, 7) is 2.99. The molecule has 4 rings (SSSR count). The molecule has 4 nitrogen and oxygen atoms in total. The van der Waals surface area contributed by atoms with E-state index in [1.807, 2.05) is 7.05 Å². The van der Waals surface area contributed by atoms with Gasteiger partial charge >= 0.3 is 0 Å². The Morgan fingerprint density at radius 3 is 2.87 bits per heavy atom. The number of nitrogens with zero attached hydrogens (tertiary/aromatic N) is 2. The van der Waals surface area contributed by atoms with Crippen molar-refractivity contribution in [3.63, 3.8) is 0 Å². The summed E-state index contributed by atoms with van der Waals surface area (Å²) >= 11 is 0. The third-order valence-corrected chi connectivity index (χ3v) is 5.03. The summed E-state index contributed by atoms with van der Waals surface area (Å²) in [7, 11) is 4.11. The van der Waals surface area contributed by atoms with Crippen molar-refractivity contribution in [3.8, 4) is 11.1 Å². The minimum absolute atomic E-state index is 0.915. The van der Waals surface area contributed by atoms with Crippen molar-refractivity contribution >= 4 is 5.69 Å². The molecule has 4 heteroatoms. The molecule has 2 aromatic rings. The van der Waals surface area contributed by atoms with Crippen LogP contribution in [0, 0.1) is 0 Å². The van der Waals surface area contributed by atoms with Gasteiger partial charge in [-0.3, -0.25) is 5.43 Å². The Kier molecular flexibility index (Phi) is 3.81. The van der Waals surface area contributed by atoms with Gasteiger partial charge in [-0.1, -0.05) is 30.3 Å². The first kappa shape index (κ1) is 14.7. The van der Waals surface area contributed by atoms with Crippen molar-refractivity contribution in [1.29, 1.82) is 0 Å². The second-order valence-corrected chi connectivity index (χ2v) is 6.44. The van der Waals surface area contributed by atoms with Crippen molar-refractivity contribution in [2.24, 2.45) is 0 Å². The van der Waals surface area contributed by atoms with Crippen LogP contribution in [0.2, 0.25) is 0 Å². The second-order valence-electron chi connectivity index (χ2n) is 6.44. The normalized spacial score (nSPS) is 17.7. The van der Waals surface area contributed by atoms with Crippen LogP contribution < -0.4 is 15.9 Å². The summed E-state index contributed by atoms with van der Waals surface area (Å²) in [5.74, 6) is 0. The van der Waals surface area contributed by atoms with Gasteiger partial charge in [-0.25, -0.2) is 10.4 Å². The summed E-state index contributed by atoms with van der Waals surface area (Å²) in [6.07, 6.45) is 2.38. The molecule has 2 aliphatic heterocycles. The van der Waals surface area contributed by atoms with Crippen LogP contribution in [0.1, 0.15) is 23.1 Å². The Balaban J connectivity index is 1.77. The molecule has 0 saturated carbocycles. The standard InChI is InChI=1S/C19H24N4/c1-20-23-10-4-6-14-8-9-15(11-17(14)13-23)18-7-3-5-16-12-21-22(2)19(16)18/h3,5,7-9,11,20-21H,4,6,10,12-13H2,1-2H3. The average molecular weight is 308 g/mol. The second kappa shape index (κ2) is 5.96. The maximum atomic E-state index is 3.40. The number of aryl methyl sites for hydroxylation is 1. The molecule has 0 spiro atoms. The molecule has 0 radical (unpaired) electrons. The van der Waals surface area contributed by atoms with Gasteiger partial charge in [0.05, 0.1) is 5.69 Å². The first-order chi connectivity index (χ1) is 11.3. The van der Waals surface area contributed by atoms with E-state index in [0.29, 0.717) is 0 Å². The Bertz CT molecular complexity index is 725. The van der Waals surface area contributed by atoms with Crippen LogP contribution in [0.15, 0.2) is 36.4 Å². The molecule has 120 valence electrons. The Labute approximate surface area is 138 Å². The van der Waals surface area contributed by atoms with Gasteiger partial charge in [0.1, 0.15) is 0 Å². The maximum Gasteiger partial charge on any atom is 0.0640 e. The van der Waals surface area contributed by atoms with Crippen LogP contribution in [-0.4, -0.2) is 25.6 Å². The van der Waals surface area contributed by atoms with Gasteiger partial charge in [0.2, 0.25) is 0 Å². The van der Waals surface area contributed by atoms with E-state index in [4.69, 9.17) is 0 Å². The number of fused-ring (bicyclic) bond motifs is 2. The highest BCUT2D eigenvalue weighted by atomic mass is 15.5. The largest absolute Gasteiger partial charge is 0.310 e. The molecule has 0 atom stereocenters. The smallest absolute Gasteiger partial charge is 0.0640 e. The van der Waals surface area contributed by atoms with Crippen molar-refractivity contribution in [3.05, 3.63) is 53.1 Å². The zero-order valence-electron chi connectivity index (χ0n) is 13.9. The van der Waals surface area contributed by atoms with E-state index >= 15 is 0 Å².